The number of allylic oxidation sites excluding steroid dienone is 1. The number of carbonyl (C=O) groups is 1. The first-order valence-electron chi connectivity index (χ1n) is 12.3. The zero-order chi connectivity index (χ0) is 27.8. The van der Waals surface area contributed by atoms with Crippen LogP contribution in [0.4, 0.5) is 5.69 Å². The molecule has 0 spiro atoms. The fraction of sp³-hybridized carbons (Fsp3) is 0.207. The lowest BCUT2D eigenvalue weighted by Gasteiger charge is -2.24. The van der Waals surface area contributed by atoms with Crippen LogP contribution in [0.2, 0.25) is 0 Å². The number of aryl methyl sites for hydroxylation is 1. The third-order valence-electron chi connectivity index (χ3n) is 6.65. The summed E-state index contributed by atoms with van der Waals surface area (Å²) in [5, 5.41) is 11.5. The summed E-state index contributed by atoms with van der Waals surface area (Å²) in [6, 6.07) is 15.3. The molecule has 3 heterocycles. The van der Waals surface area contributed by atoms with Crippen molar-refractivity contribution in [1.82, 2.24) is 4.57 Å². The molecular weight excluding hydrogens is 518 g/mol. The number of benzene rings is 2. The van der Waals surface area contributed by atoms with E-state index < -0.39 is 16.9 Å². The Morgan fingerprint density at radius 2 is 1.92 bits per heavy atom. The second-order valence-corrected chi connectivity index (χ2v) is 10.1. The van der Waals surface area contributed by atoms with E-state index in [4.69, 9.17) is 9.15 Å². The maximum absolute atomic E-state index is 13.7. The smallest absolute Gasteiger partial charge is 0.338 e. The second-order valence-electron chi connectivity index (χ2n) is 9.11. The molecule has 1 aliphatic rings. The highest BCUT2D eigenvalue weighted by Crippen LogP contribution is 2.32. The van der Waals surface area contributed by atoms with E-state index in [1.807, 2.05) is 43.3 Å². The van der Waals surface area contributed by atoms with Crippen molar-refractivity contribution in [3.05, 3.63) is 118 Å². The van der Waals surface area contributed by atoms with Gasteiger partial charge < -0.3 is 9.15 Å². The quantitative estimate of drug-likeness (QED) is 0.200. The largest absolute Gasteiger partial charge is 0.463 e. The van der Waals surface area contributed by atoms with Gasteiger partial charge in [-0.25, -0.2) is 9.79 Å². The van der Waals surface area contributed by atoms with Crippen LogP contribution >= 0.6 is 11.3 Å². The van der Waals surface area contributed by atoms with Gasteiger partial charge in [0.15, 0.2) is 4.80 Å². The predicted octanol–water partition coefficient (Wildman–Crippen LogP) is 4.58. The molecule has 0 bridgehead atoms. The second kappa shape index (κ2) is 10.3. The van der Waals surface area contributed by atoms with Gasteiger partial charge in [0.05, 0.1) is 33.4 Å². The minimum Gasteiger partial charge on any atom is -0.463 e. The Hall–Kier alpha value is -4.57. The first kappa shape index (κ1) is 26.1. The molecule has 1 aliphatic heterocycles. The highest BCUT2D eigenvalue weighted by molar-refractivity contribution is 7.07. The Morgan fingerprint density at radius 1 is 1.18 bits per heavy atom. The molecule has 10 heteroatoms. The number of nitro benzene ring substituents is 1. The molecule has 0 N–H and O–H groups in total. The van der Waals surface area contributed by atoms with E-state index >= 15 is 0 Å². The van der Waals surface area contributed by atoms with Crippen LogP contribution in [-0.4, -0.2) is 22.1 Å². The van der Waals surface area contributed by atoms with E-state index in [1.54, 1.807) is 39.0 Å². The van der Waals surface area contributed by atoms with Gasteiger partial charge in [-0.15, -0.1) is 0 Å². The SMILES string of the molecule is CCOC(=O)C1=C(C)N=c2s/c(=C\c3ccc(-c4cc(C)c(C)c([N+](=O)[O-])c4)o3)c(=O)n2[C@@H]1c1ccccc1. The molecule has 4 aromatic rings. The van der Waals surface area contributed by atoms with Crippen LogP contribution in [0.3, 0.4) is 0 Å². The molecule has 198 valence electrons. The number of nitro groups is 1. The van der Waals surface area contributed by atoms with Crippen molar-refractivity contribution in [3.8, 4) is 11.3 Å². The van der Waals surface area contributed by atoms with Gasteiger partial charge in [-0.05, 0) is 57.0 Å². The number of aromatic nitrogens is 1. The van der Waals surface area contributed by atoms with E-state index in [0.717, 1.165) is 11.1 Å². The molecule has 0 radical (unpaired) electrons. The van der Waals surface area contributed by atoms with Crippen molar-refractivity contribution < 1.29 is 18.9 Å². The van der Waals surface area contributed by atoms with Crippen molar-refractivity contribution in [2.45, 2.75) is 33.7 Å². The van der Waals surface area contributed by atoms with Crippen LogP contribution in [-0.2, 0) is 9.53 Å². The summed E-state index contributed by atoms with van der Waals surface area (Å²) < 4.78 is 13.2. The number of rotatable bonds is 6. The normalized spacial score (nSPS) is 15.2. The first-order chi connectivity index (χ1) is 18.7. The Kier molecular flexibility index (Phi) is 6.88. The lowest BCUT2D eigenvalue weighted by Crippen LogP contribution is -2.39. The van der Waals surface area contributed by atoms with Crippen LogP contribution in [0.5, 0.6) is 0 Å². The number of ether oxygens (including phenoxy) is 1. The number of nitrogens with zero attached hydrogens (tertiary/aromatic N) is 3. The summed E-state index contributed by atoms with van der Waals surface area (Å²) in [5.41, 5.74) is 3.22. The highest BCUT2D eigenvalue weighted by atomic mass is 32.1. The Labute approximate surface area is 227 Å². The van der Waals surface area contributed by atoms with Gasteiger partial charge in [0, 0.05) is 23.3 Å². The average Bonchev–Trinajstić information content (AvgIpc) is 3.49. The van der Waals surface area contributed by atoms with Gasteiger partial charge in [-0.3, -0.25) is 19.5 Å². The zero-order valence-corrected chi connectivity index (χ0v) is 22.6. The monoisotopic (exact) mass is 543 g/mol. The van der Waals surface area contributed by atoms with Gasteiger partial charge in [0.2, 0.25) is 0 Å². The molecule has 0 saturated carbocycles. The van der Waals surface area contributed by atoms with E-state index in [-0.39, 0.29) is 17.9 Å². The number of hydrogen-bond acceptors (Lipinski definition) is 8. The third-order valence-corrected chi connectivity index (χ3v) is 7.64. The number of fused-ring (bicyclic) bond motifs is 1. The highest BCUT2D eigenvalue weighted by Gasteiger charge is 2.33. The fourth-order valence-electron chi connectivity index (χ4n) is 4.63. The summed E-state index contributed by atoms with van der Waals surface area (Å²) >= 11 is 1.19. The lowest BCUT2D eigenvalue weighted by molar-refractivity contribution is -0.385. The van der Waals surface area contributed by atoms with Crippen molar-refractivity contribution in [2.75, 3.05) is 6.61 Å². The molecule has 0 saturated heterocycles. The fourth-order valence-corrected chi connectivity index (χ4v) is 5.66. The number of carbonyl (C=O) groups excluding carboxylic acids is 1. The minimum absolute atomic E-state index is 0.0185. The summed E-state index contributed by atoms with van der Waals surface area (Å²) in [5.74, 6) is 0.344. The predicted molar refractivity (Wildman–Crippen MR) is 147 cm³/mol. The van der Waals surface area contributed by atoms with Gasteiger partial charge in [0.25, 0.3) is 11.2 Å². The molecule has 2 aromatic carbocycles. The molecule has 1 atom stereocenters. The van der Waals surface area contributed by atoms with Crippen LogP contribution in [0, 0.1) is 24.0 Å². The van der Waals surface area contributed by atoms with E-state index in [1.165, 1.54) is 22.0 Å². The van der Waals surface area contributed by atoms with Crippen LogP contribution < -0.4 is 14.9 Å². The summed E-state index contributed by atoms with van der Waals surface area (Å²) in [4.78, 5) is 42.8. The maximum atomic E-state index is 13.7. The van der Waals surface area contributed by atoms with Crippen molar-refractivity contribution in [2.24, 2.45) is 4.99 Å². The number of esters is 1. The van der Waals surface area contributed by atoms with E-state index in [9.17, 15) is 19.7 Å². The molecule has 0 unspecified atom stereocenters. The molecular formula is C29H25N3O6S. The Balaban J connectivity index is 1.61. The van der Waals surface area contributed by atoms with Gasteiger partial charge >= 0.3 is 5.97 Å². The van der Waals surface area contributed by atoms with Gasteiger partial charge in [-0.1, -0.05) is 41.7 Å². The molecule has 2 aromatic heterocycles. The average molecular weight is 544 g/mol. The van der Waals surface area contributed by atoms with E-state index in [0.29, 0.717) is 43.3 Å². The molecule has 5 rings (SSSR count). The number of hydrogen-bond donors (Lipinski definition) is 0. The number of thiazole rings is 1. The molecule has 0 fully saturated rings. The molecule has 0 aliphatic carbocycles. The van der Waals surface area contributed by atoms with Crippen LogP contribution in [0.1, 0.15) is 42.3 Å². The van der Waals surface area contributed by atoms with Crippen LogP contribution in [0.15, 0.2) is 80.1 Å². The van der Waals surface area contributed by atoms with Crippen molar-refractivity contribution in [1.29, 1.82) is 0 Å². The van der Waals surface area contributed by atoms with Crippen molar-refractivity contribution >= 4 is 29.1 Å². The third kappa shape index (κ3) is 4.74. The first-order valence-corrected chi connectivity index (χ1v) is 13.1. The topological polar surface area (TPSA) is 117 Å². The summed E-state index contributed by atoms with van der Waals surface area (Å²) in [6.45, 7) is 7.19. The zero-order valence-electron chi connectivity index (χ0n) is 21.8. The molecule has 9 nitrogen and oxygen atoms in total. The number of furan rings is 1. The Morgan fingerprint density at radius 3 is 2.62 bits per heavy atom. The van der Waals surface area contributed by atoms with Crippen LogP contribution in [0.25, 0.3) is 17.4 Å². The maximum Gasteiger partial charge on any atom is 0.338 e. The molecule has 39 heavy (non-hydrogen) atoms. The molecule has 0 amide bonds. The minimum atomic E-state index is -0.688. The standard InChI is InChI=1S/C29H25N3O6S/c1-5-37-28(34)25-18(4)30-29-31(26(25)19-9-7-6-8-10-19)27(33)24(39-29)15-21-11-12-23(38-21)20-13-16(2)17(3)22(14-20)32(35)36/h6-15,26H,5H2,1-4H3/b24-15-/t26-/m1/s1. The Bertz CT molecular complexity index is 1830. The lowest BCUT2D eigenvalue weighted by atomic mass is 9.96. The van der Waals surface area contributed by atoms with Crippen molar-refractivity contribution in [3.63, 3.8) is 0 Å². The summed E-state index contributed by atoms with van der Waals surface area (Å²) in [7, 11) is 0. The van der Waals surface area contributed by atoms with Gasteiger partial charge in [-0.2, -0.15) is 0 Å². The van der Waals surface area contributed by atoms with Gasteiger partial charge in [0.1, 0.15) is 11.5 Å². The van der Waals surface area contributed by atoms with E-state index in [2.05, 4.69) is 4.99 Å². The summed E-state index contributed by atoms with van der Waals surface area (Å²) in [6.07, 6.45) is 1.62.